The number of rotatable bonds is 4. The van der Waals surface area contributed by atoms with Gasteiger partial charge in [-0.05, 0) is 18.6 Å². The lowest BCUT2D eigenvalue weighted by atomic mass is 10.1. The van der Waals surface area contributed by atoms with Crippen LogP contribution in [0.25, 0.3) is 11.4 Å². The van der Waals surface area contributed by atoms with Crippen LogP contribution in [0.2, 0.25) is 0 Å². The highest BCUT2D eigenvalue weighted by Gasteiger charge is 2.14. The first-order valence-corrected chi connectivity index (χ1v) is 8.16. The highest BCUT2D eigenvalue weighted by atomic mass is 32.2. The summed E-state index contributed by atoms with van der Waals surface area (Å²) in [6.07, 6.45) is 0.550. The molecular formula is C15H15FN4O2S. The van der Waals surface area contributed by atoms with Crippen LogP contribution in [0, 0.1) is 12.7 Å². The number of aliphatic imine (C=N–C) groups is 1. The van der Waals surface area contributed by atoms with E-state index in [1.54, 1.807) is 19.1 Å². The fourth-order valence-electron chi connectivity index (χ4n) is 2.02. The van der Waals surface area contributed by atoms with Gasteiger partial charge >= 0.3 is 0 Å². The first-order valence-electron chi connectivity index (χ1n) is 7.18. The van der Waals surface area contributed by atoms with E-state index < -0.39 is 0 Å². The van der Waals surface area contributed by atoms with E-state index in [-0.39, 0.29) is 18.1 Å². The van der Waals surface area contributed by atoms with Crippen LogP contribution in [0.5, 0.6) is 0 Å². The first-order chi connectivity index (χ1) is 11.1. The lowest BCUT2D eigenvalue weighted by Gasteiger charge is -2.01. The number of amides is 1. The van der Waals surface area contributed by atoms with E-state index in [0.29, 0.717) is 34.4 Å². The predicted octanol–water partition coefficient (Wildman–Crippen LogP) is 2.34. The van der Waals surface area contributed by atoms with Gasteiger partial charge in [-0.1, -0.05) is 29.1 Å². The molecule has 0 unspecified atom stereocenters. The zero-order valence-corrected chi connectivity index (χ0v) is 13.3. The average molecular weight is 334 g/mol. The maximum absolute atomic E-state index is 13.6. The Bertz CT molecular complexity index is 760. The lowest BCUT2D eigenvalue weighted by molar-refractivity contribution is -0.119. The summed E-state index contributed by atoms with van der Waals surface area (Å²) < 4.78 is 18.7. The van der Waals surface area contributed by atoms with Crippen molar-refractivity contribution in [2.45, 2.75) is 19.8 Å². The molecule has 1 aliphatic rings. The Hall–Kier alpha value is -2.22. The Morgan fingerprint density at radius 1 is 1.48 bits per heavy atom. The van der Waals surface area contributed by atoms with Crippen LogP contribution in [0.3, 0.4) is 0 Å². The van der Waals surface area contributed by atoms with E-state index in [9.17, 15) is 9.18 Å². The van der Waals surface area contributed by atoms with Gasteiger partial charge < -0.3 is 9.84 Å². The maximum Gasteiger partial charge on any atom is 0.227 e. The molecule has 0 bridgehead atoms. The molecule has 1 aromatic heterocycles. The summed E-state index contributed by atoms with van der Waals surface area (Å²) in [4.78, 5) is 20.1. The van der Waals surface area contributed by atoms with Crippen molar-refractivity contribution in [2.75, 3.05) is 12.3 Å². The van der Waals surface area contributed by atoms with Crippen molar-refractivity contribution in [1.29, 1.82) is 0 Å². The summed E-state index contributed by atoms with van der Waals surface area (Å²) >= 11 is 1.53. The van der Waals surface area contributed by atoms with Gasteiger partial charge in [0.15, 0.2) is 5.17 Å². The standard InChI is InChI=1S/C15H15FN4O2S/c1-9-2-3-10(8-11(9)16)14-19-13(22-20-14)5-4-12(21)18-15-17-6-7-23-15/h2-3,8H,4-7H2,1H3,(H,17,18,21). The second-order valence-electron chi connectivity index (χ2n) is 5.06. The van der Waals surface area contributed by atoms with Gasteiger partial charge in [-0.25, -0.2) is 4.39 Å². The van der Waals surface area contributed by atoms with Gasteiger partial charge in [0.2, 0.25) is 17.6 Å². The van der Waals surface area contributed by atoms with Crippen molar-refractivity contribution < 1.29 is 13.7 Å². The number of amidine groups is 1. The SMILES string of the molecule is Cc1ccc(-c2noc(CCC(=O)NC3=NCCS3)n2)cc1F. The van der Waals surface area contributed by atoms with E-state index >= 15 is 0 Å². The number of hydrogen-bond donors (Lipinski definition) is 1. The molecule has 0 atom stereocenters. The molecule has 3 rings (SSSR count). The van der Waals surface area contributed by atoms with Crippen molar-refractivity contribution in [3.8, 4) is 11.4 Å². The number of aryl methyl sites for hydroxylation is 2. The number of hydrogen-bond acceptors (Lipinski definition) is 6. The number of aromatic nitrogens is 2. The summed E-state index contributed by atoms with van der Waals surface area (Å²) in [6.45, 7) is 2.42. The molecule has 2 aromatic rings. The van der Waals surface area contributed by atoms with Crippen molar-refractivity contribution in [2.24, 2.45) is 4.99 Å². The van der Waals surface area contributed by atoms with Crippen LogP contribution in [0.1, 0.15) is 17.9 Å². The van der Waals surface area contributed by atoms with Crippen molar-refractivity contribution in [1.82, 2.24) is 15.5 Å². The van der Waals surface area contributed by atoms with Crippen LogP contribution in [-0.2, 0) is 11.2 Å². The van der Waals surface area contributed by atoms with Gasteiger partial charge in [0.1, 0.15) is 5.82 Å². The molecule has 0 fully saturated rings. The normalized spacial score (nSPS) is 13.9. The molecule has 0 saturated heterocycles. The zero-order chi connectivity index (χ0) is 16.2. The summed E-state index contributed by atoms with van der Waals surface area (Å²) in [6, 6.07) is 4.76. The number of carbonyl (C=O) groups is 1. The molecule has 1 amide bonds. The second-order valence-corrected chi connectivity index (χ2v) is 6.14. The van der Waals surface area contributed by atoms with Gasteiger partial charge in [-0.2, -0.15) is 4.98 Å². The van der Waals surface area contributed by atoms with E-state index in [4.69, 9.17) is 4.52 Å². The molecule has 2 heterocycles. The second kappa shape index (κ2) is 6.91. The van der Waals surface area contributed by atoms with Crippen LogP contribution in [0.4, 0.5) is 4.39 Å². The number of nitrogens with one attached hydrogen (secondary N) is 1. The van der Waals surface area contributed by atoms with Crippen molar-refractivity contribution in [3.63, 3.8) is 0 Å². The minimum Gasteiger partial charge on any atom is -0.339 e. The van der Waals surface area contributed by atoms with Gasteiger partial charge in [-0.15, -0.1) is 0 Å². The number of carbonyl (C=O) groups excluding carboxylic acids is 1. The molecule has 0 saturated carbocycles. The Morgan fingerprint density at radius 2 is 2.35 bits per heavy atom. The van der Waals surface area contributed by atoms with Gasteiger partial charge in [0.05, 0.1) is 6.54 Å². The molecular weight excluding hydrogens is 319 g/mol. The summed E-state index contributed by atoms with van der Waals surface area (Å²) in [5, 5.41) is 7.23. The van der Waals surface area contributed by atoms with Gasteiger partial charge in [0, 0.05) is 24.2 Å². The van der Waals surface area contributed by atoms with Gasteiger partial charge in [-0.3, -0.25) is 9.79 Å². The maximum atomic E-state index is 13.6. The molecule has 1 aliphatic heterocycles. The lowest BCUT2D eigenvalue weighted by Crippen LogP contribution is -2.27. The van der Waals surface area contributed by atoms with Crippen molar-refractivity contribution in [3.05, 3.63) is 35.5 Å². The smallest absolute Gasteiger partial charge is 0.227 e. The predicted molar refractivity (Wildman–Crippen MR) is 85.7 cm³/mol. The molecule has 23 heavy (non-hydrogen) atoms. The van der Waals surface area contributed by atoms with Crippen molar-refractivity contribution >= 4 is 22.8 Å². The van der Waals surface area contributed by atoms with E-state index in [1.165, 1.54) is 17.8 Å². The monoisotopic (exact) mass is 334 g/mol. The molecule has 0 spiro atoms. The highest BCUT2D eigenvalue weighted by Crippen LogP contribution is 2.19. The Balaban J connectivity index is 1.58. The minimum absolute atomic E-state index is 0.140. The molecule has 0 radical (unpaired) electrons. The third kappa shape index (κ3) is 3.95. The largest absolute Gasteiger partial charge is 0.339 e. The third-order valence-corrected chi connectivity index (χ3v) is 4.19. The molecule has 8 heteroatoms. The average Bonchev–Trinajstić information content (AvgIpc) is 3.19. The van der Waals surface area contributed by atoms with Crippen LogP contribution >= 0.6 is 11.8 Å². The third-order valence-electron chi connectivity index (χ3n) is 3.30. The number of thioether (sulfide) groups is 1. The number of benzene rings is 1. The Labute approximate surface area is 136 Å². The van der Waals surface area contributed by atoms with E-state index in [2.05, 4.69) is 20.4 Å². The number of halogens is 1. The first kappa shape index (κ1) is 15.7. The fourth-order valence-corrected chi connectivity index (χ4v) is 2.76. The Kier molecular flexibility index (Phi) is 4.71. The summed E-state index contributed by atoms with van der Waals surface area (Å²) in [7, 11) is 0. The molecule has 120 valence electrons. The fraction of sp³-hybridized carbons (Fsp3) is 0.333. The molecule has 6 nitrogen and oxygen atoms in total. The van der Waals surface area contributed by atoms with E-state index in [0.717, 1.165) is 12.3 Å². The van der Waals surface area contributed by atoms with Crippen LogP contribution in [-0.4, -0.2) is 33.5 Å². The summed E-state index contributed by atoms with van der Waals surface area (Å²) in [5.41, 5.74) is 1.10. The van der Waals surface area contributed by atoms with Crippen LogP contribution < -0.4 is 5.32 Å². The summed E-state index contributed by atoms with van der Waals surface area (Å²) in [5.74, 6) is 1.10. The quantitative estimate of drug-likeness (QED) is 0.928. The molecule has 1 N–H and O–H groups in total. The van der Waals surface area contributed by atoms with Gasteiger partial charge in [0.25, 0.3) is 0 Å². The zero-order valence-electron chi connectivity index (χ0n) is 12.5. The Morgan fingerprint density at radius 3 is 3.09 bits per heavy atom. The topological polar surface area (TPSA) is 80.4 Å². The van der Waals surface area contributed by atoms with E-state index in [1.807, 2.05) is 0 Å². The number of nitrogens with zero attached hydrogens (tertiary/aromatic N) is 3. The minimum atomic E-state index is -0.317. The highest BCUT2D eigenvalue weighted by molar-refractivity contribution is 8.14. The molecule has 0 aliphatic carbocycles. The molecule has 1 aromatic carbocycles. The van der Waals surface area contributed by atoms with Crippen LogP contribution in [0.15, 0.2) is 27.7 Å².